The van der Waals surface area contributed by atoms with E-state index in [1.54, 1.807) is 0 Å². The van der Waals surface area contributed by atoms with Gasteiger partial charge in [-0.1, -0.05) is 71.4 Å². The summed E-state index contributed by atoms with van der Waals surface area (Å²) < 4.78 is 6.62. The Morgan fingerprint density at radius 3 is 2.19 bits per heavy atom. The van der Waals surface area contributed by atoms with Crippen molar-refractivity contribution in [1.29, 1.82) is 0 Å². The molecule has 0 saturated heterocycles. The summed E-state index contributed by atoms with van der Waals surface area (Å²) in [5.74, 6) is 0. The molecule has 145 valence electrons. The number of hydrogen-bond donors (Lipinski definition) is 1. The number of fused-ring (bicyclic) bond motifs is 1. The molecule has 1 heterocycles. The Labute approximate surface area is 161 Å². The van der Waals surface area contributed by atoms with E-state index in [2.05, 4.69) is 55.7 Å². The average molecular weight is 374 g/mol. The number of unbranched alkanes of at least 4 members (excludes halogenated alkanes) is 3. The Bertz CT molecular complexity index is 618. The molecule has 26 heavy (non-hydrogen) atoms. The average Bonchev–Trinajstić information content (AvgIpc) is 3.15. The zero-order valence-corrected chi connectivity index (χ0v) is 18.2. The van der Waals surface area contributed by atoms with Gasteiger partial charge in [0.2, 0.25) is 9.04 Å². The van der Waals surface area contributed by atoms with Crippen LogP contribution in [0.15, 0.2) is 24.4 Å². The van der Waals surface area contributed by atoms with Crippen LogP contribution in [0, 0.1) is 0 Å². The van der Waals surface area contributed by atoms with E-state index < -0.39 is 9.04 Å². The molecule has 0 amide bonds. The van der Waals surface area contributed by atoms with Gasteiger partial charge in [0.1, 0.15) is 0 Å². The van der Waals surface area contributed by atoms with E-state index in [-0.39, 0.29) is 0 Å². The van der Waals surface area contributed by atoms with Gasteiger partial charge in [-0.25, -0.2) is 0 Å². The summed E-state index contributed by atoms with van der Waals surface area (Å²) in [6.07, 6.45) is 13.8. The molecule has 1 N–H and O–H groups in total. The highest BCUT2D eigenvalue weighted by atomic mass is 28.3. The van der Waals surface area contributed by atoms with Gasteiger partial charge >= 0.3 is 0 Å². The molecule has 0 unspecified atom stereocenters. The Hall–Kier alpha value is -1.13. The molecule has 1 radical (unpaired) electrons. The van der Waals surface area contributed by atoms with E-state index in [9.17, 15) is 0 Å². The minimum atomic E-state index is -0.884. The molecule has 2 rings (SSSR count). The van der Waals surface area contributed by atoms with Crippen LogP contribution in [0.1, 0.15) is 84.1 Å². The van der Waals surface area contributed by atoms with Gasteiger partial charge in [0.15, 0.2) is 0 Å². The van der Waals surface area contributed by atoms with Gasteiger partial charge in [-0.15, -0.1) is 0 Å². The topological polar surface area (TPSA) is 37.9 Å². The minimum Gasteiger partial charge on any atom is -0.412 e. The summed E-state index contributed by atoms with van der Waals surface area (Å²) in [5.41, 5.74) is 2.36. The molecule has 0 fully saturated rings. The number of hydrogen-bond acceptors (Lipinski definition) is 2. The van der Waals surface area contributed by atoms with Crippen LogP contribution < -0.4 is 0 Å². The van der Waals surface area contributed by atoms with Crippen molar-refractivity contribution in [3.05, 3.63) is 30.0 Å². The summed E-state index contributed by atoms with van der Waals surface area (Å²) in [5, 5.41) is 8.88. The minimum absolute atomic E-state index is 0.428. The second-order valence-corrected chi connectivity index (χ2v) is 10.1. The SMILES string of the molecule is CCCCC(CCCC)(CCCC)[Si](C)OCc1cccc2[nH]ncc12. The monoisotopic (exact) mass is 373 g/mol. The molecule has 0 aliphatic carbocycles. The highest BCUT2D eigenvalue weighted by Crippen LogP contribution is 2.47. The molecule has 0 saturated carbocycles. The second-order valence-electron chi connectivity index (χ2n) is 7.68. The van der Waals surface area contributed by atoms with E-state index in [1.807, 2.05) is 6.20 Å². The lowest BCUT2D eigenvalue weighted by Crippen LogP contribution is -2.33. The fourth-order valence-electron chi connectivity index (χ4n) is 3.94. The zero-order chi connectivity index (χ0) is 18.8. The van der Waals surface area contributed by atoms with E-state index in [1.165, 1.54) is 68.7 Å². The molecule has 0 spiro atoms. The van der Waals surface area contributed by atoms with Gasteiger partial charge in [0, 0.05) is 5.39 Å². The first-order valence-electron chi connectivity index (χ1n) is 10.5. The van der Waals surface area contributed by atoms with Crippen LogP contribution in [0.2, 0.25) is 11.6 Å². The van der Waals surface area contributed by atoms with Crippen LogP contribution in [0.25, 0.3) is 10.9 Å². The lowest BCUT2D eigenvalue weighted by Gasteiger charge is -2.38. The number of nitrogens with one attached hydrogen (secondary N) is 1. The van der Waals surface area contributed by atoms with Crippen LogP contribution >= 0.6 is 0 Å². The highest BCUT2D eigenvalue weighted by molar-refractivity contribution is 6.54. The Kier molecular flexibility index (Phi) is 8.86. The third-order valence-electron chi connectivity index (χ3n) is 5.79. The quantitative estimate of drug-likeness (QED) is 0.383. The number of benzene rings is 1. The number of aromatic amines is 1. The summed E-state index contributed by atoms with van der Waals surface area (Å²) in [7, 11) is -0.884. The third kappa shape index (κ3) is 5.43. The Morgan fingerprint density at radius 2 is 1.62 bits per heavy atom. The van der Waals surface area contributed by atoms with Crippen molar-refractivity contribution >= 4 is 19.9 Å². The van der Waals surface area contributed by atoms with Crippen molar-refractivity contribution in [3.8, 4) is 0 Å². The first-order chi connectivity index (χ1) is 12.7. The van der Waals surface area contributed by atoms with Gasteiger partial charge in [-0.05, 0) is 42.5 Å². The van der Waals surface area contributed by atoms with Crippen molar-refractivity contribution in [1.82, 2.24) is 10.2 Å². The fraction of sp³-hybridized carbons (Fsp3) is 0.682. The molecule has 0 aliphatic rings. The molecular weight excluding hydrogens is 336 g/mol. The standard InChI is InChI=1S/C22H37N2OSi/c1-5-8-14-22(15-9-6-2,16-10-7-3)26(4)25-18-19-12-11-13-21-20(19)17-23-24-21/h11-13,17H,5-10,14-16,18H2,1-4H3,(H,23,24). The van der Waals surface area contributed by atoms with Crippen LogP contribution in [0.3, 0.4) is 0 Å². The summed E-state index contributed by atoms with van der Waals surface area (Å²) in [4.78, 5) is 0. The fourth-order valence-corrected chi connectivity index (χ4v) is 6.21. The van der Waals surface area contributed by atoms with Crippen LogP contribution in [-0.2, 0) is 11.0 Å². The van der Waals surface area contributed by atoms with Crippen LogP contribution in [-0.4, -0.2) is 19.2 Å². The normalized spacial score (nSPS) is 12.3. The van der Waals surface area contributed by atoms with E-state index in [0.29, 0.717) is 11.6 Å². The third-order valence-corrected chi connectivity index (χ3v) is 8.61. The molecule has 0 atom stereocenters. The van der Waals surface area contributed by atoms with Crippen molar-refractivity contribution < 1.29 is 4.43 Å². The van der Waals surface area contributed by atoms with E-state index >= 15 is 0 Å². The van der Waals surface area contributed by atoms with Crippen molar-refractivity contribution in [2.45, 2.75) is 96.8 Å². The van der Waals surface area contributed by atoms with Gasteiger partial charge in [0.25, 0.3) is 0 Å². The summed E-state index contributed by atoms with van der Waals surface area (Å²) in [6, 6.07) is 6.36. The van der Waals surface area contributed by atoms with E-state index in [0.717, 1.165) is 5.52 Å². The highest BCUT2D eigenvalue weighted by Gasteiger charge is 2.37. The van der Waals surface area contributed by atoms with Crippen molar-refractivity contribution in [2.75, 3.05) is 0 Å². The maximum absolute atomic E-state index is 6.62. The van der Waals surface area contributed by atoms with E-state index in [4.69, 9.17) is 4.43 Å². The second kappa shape index (κ2) is 10.9. The predicted molar refractivity (Wildman–Crippen MR) is 114 cm³/mol. The molecule has 1 aromatic carbocycles. The maximum atomic E-state index is 6.62. The summed E-state index contributed by atoms with van der Waals surface area (Å²) in [6.45, 7) is 10.1. The number of rotatable bonds is 13. The number of aromatic nitrogens is 2. The first-order valence-corrected chi connectivity index (χ1v) is 12.5. The van der Waals surface area contributed by atoms with Crippen LogP contribution in [0.4, 0.5) is 0 Å². The van der Waals surface area contributed by atoms with Crippen molar-refractivity contribution in [3.63, 3.8) is 0 Å². The molecule has 0 bridgehead atoms. The zero-order valence-electron chi connectivity index (χ0n) is 17.2. The molecule has 4 heteroatoms. The Morgan fingerprint density at radius 1 is 1.00 bits per heavy atom. The maximum Gasteiger partial charge on any atom is 0.215 e. The largest absolute Gasteiger partial charge is 0.412 e. The first kappa shape index (κ1) is 21.2. The molecule has 2 aromatic rings. The van der Waals surface area contributed by atoms with Crippen molar-refractivity contribution in [2.24, 2.45) is 0 Å². The Balaban J connectivity index is 2.12. The summed E-state index contributed by atoms with van der Waals surface area (Å²) >= 11 is 0. The molecule has 3 nitrogen and oxygen atoms in total. The number of H-pyrrole nitrogens is 1. The smallest absolute Gasteiger partial charge is 0.215 e. The van der Waals surface area contributed by atoms with Gasteiger partial charge in [-0.2, -0.15) is 5.10 Å². The molecule has 1 aromatic heterocycles. The lowest BCUT2D eigenvalue weighted by atomic mass is 9.89. The number of nitrogens with zero attached hydrogens (tertiary/aromatic N) is 1. The van der Waals surface area contributed by atoms with Gasteiger partial charge < -0.3 is 4.43 Å². The van der Waals surface area contributed by atoms with Gasteiger partial charge in [-0.3, -0.25) is 5.10 Å². The molecule has 0 aliphatic heterocycles. The molecular formula is C22H37N2OSi. The lowest BCUT2D eigenvalue weighted by molar-refractivity contribution is 0.262. The van der Waals surface area contributed by atoms with Crippen LogP contribution in [0.5, 0.6) is 0 Å². The predicted octanol–water partition coefficient (Wildman–Crippen LogP) is 7.01. The van der Waals surface area contributed by atoms with Gasteiger partial charge in [0.05, 0.1) is 18.3 Å².